The molecule has 5 heteroatoms. The number of rotatable bonds is 3. The highest BCUT2D eigenvalue weighted by atomic mass is 79.9. The second-order valence-electron chi connectivity index (χ2n) is 4.44. The first-order valence-corrected chi connectivity index (χ1v) is 7.54. The molecular formula is C15H14BrCl2NO. The Bertz CT molecular complexity index is 646. The van der Waals surface area contributed by atoms with Crippen molar-refractivity contribution in [1.29, 1.82) is 0 Å². The average Bonchev–Trinajstić information content (AvgIpc) is 2.43. The Hall–Kier alpha value is -0.740. The minimum Gasteiger partial charge on any atom is -0.495 e. The number of hydrogen-bond acceptors (Lipinski definition) is 2. The molecule has 0 fully saturated rings. The third-order valence-electron chi connectivity index (χ3n) is 3.25. The van der Waals surface area contributed by atoms with Crippen LogP contribution >= 0.6 is 39.1 Å². The van der Waals surface area contributed by atoms with Gasteiger partial charge >= 0.3 is 0 Å². The second kappa shape index (κ2) is 6.35. The van der Waals surface area contributed by atoms with Crippen molar-refractivity contribution in [3.8, 4) is 5.75 Å². The van der Waals surface area contributed by atoms with Crippen LogP contribution in [0.15, 0.2) is 34.8 Å². The van der Waals surface area contributed by atoms with Gasteiger partial charge in [-0.1, -0.05) is 51.3 Å². The van der Waals surface area contributed by atoms with Crippen LogP contribution in [0.1, 0.15) is 22.7 Å². The molecule has 0 aliphatic rings. The van der Waals surface area contributed by atoms with Gasteiger partial charge < -0.3 is 10.5 Å². The SMILES string of the molecule is COc1cc(Cl)c(C(N)c2cccc(Br)c2C)cc1Cl. The quantitative estimate of drug-likeness (QED) is 0.808. The van der Waals surface area contributed by atoms with E-state index in [-0.39, 0.29) is 6.04 Å². The van der Waals surface area contributed by atoms with E-state index in [1.807, 2.05) is 25.1 Å². The van der Waals surface area contributed by atoms with Crippen LogP contribution in [0.5, 0.6) is 5.75 Å². The lowest BCUT2D eigenvalue weighted by molar-refractivity contribution is 0.415. The second-order valence-corrected chi connectivity index (χ2v) is 6.11. The average molecular weight is 375 g/mol. The van der Waals surface area contributed by atoms with E-state index in [0.717, 1.165) is 21.2 Å². The normalized spacial score (nSPS) is 12.3. The molecule has 0 aliphatic heterocycles. The van der Waals surface area contributed by atoms with Gasteiger partial charge in [-0.3, -0.25) is 0 Å². The van der Waals surface area contributed by atoms with Crippen molar-refractivity contribution < 1.29 is 4.74 Å². The molecule has 0 saturated heterocycles. The van der Waals surface area contributed by atoms with Gasteiger partial charge in [-0.15, -0.1) is 0 Å². The van der Waals surface area contributed by atoms with Crippen molar-refractivity contribution in [3.05, 3.63) is 61.5 Å². The Morgan fingerprint density at radius 1 is 1.15 bits per heavy atom. The molecule has 0 bridgehead atoms. The fourth-order valence-corrected chi connectivity index (χ4v) is 2.97. The van der Waals surface area contributed by atoms with E-state index in [4.69, 9.17) is 33.7 Å². The number of halogens is 3. The molecule has 1 unspecified atom stereocenters. The monoisotopic (exact) mass is 373 g/mol. The van der Waals surface area contributed by atoms with Gasteiger partial charge in [-0.25, -0.2) is 0 Å². The summed E-state index contributed by atoms with van der Waals surface area (Å²) in [4.78, 5) is 0. The van der Waals surface area contributed by atoms with E-state index in [9.17, 15) is 0 Å². The summed E-state index contributed by atoms with van der Waals surface area (Å²) < 4.78 is 6.16. The summed E-state index contributed by atoms with van der Waals surface area (Å²) in [6.45, 7) is 2.01. The Labute approximate surface area is 137 Å². The predicted octanol–water partition coefficient (Wildman–Crippen LogP) is 5.12. The molecule has 2 nitrogen and oxygen atoms in total. The Morgan fingerprint density at radius 2 is 1.85 bits per heavy atom. The highest BCUT2D eigenvalue weighted by molar-refractivity contribution is 9.10. The lowest BCUT2D eigenvalue weighted by Gasteiger charge is -2.18. The van der Waals surface area contributed by atoms with Crippen molar-refractivity contribution in [2.75, 3.05) is 7.11 Å². The maximum absolute atomic E-state index is 6.34. The predicted molar refractivity (Wildman–Crippen MR) is 87.9 cm³/mol. The molecular weight excluding hydrogens is 361 g/mol. The molecule has 0 spiro atoms. The number of nitrogens with two attached hydrogens (primary N) is 1. The fourth-order valence-electron chi connectivity index (χ4n) is 2.07. The summed E-state index contributed by atoms with van der Waals surface area (Å²) in [5, 5.41) is 1.04. The lowest BCUT2D eigenvalue weighted by Crippen LogP contribution is -2.14. The van der Waals surface area contributed by atoms with Gasteiger partial charge in [-0.2, -0.15) is 0 Å². The van der Waals surface area contributed by atoms with Crippen LogP contribution in [0.2, 0.25) is 10.0 Å². The molecule has 0 aliphatic carbocycles. The maximum Gasteiger partial charge on any atom is 0.138 e. The summed E-state index contributed by atoms with van der Waals surface area (Å²) in [7, 11) is 1.55. The zero-order chi connectivity index (χ0) is 14.9. The summed E-state index contributed by atoms with van der Waals surface area (Å²) >= 11 is 16.0. The minimum absolute atomic E-state index is 0.344. The van der Waals surface area contributed by atoms with Crippen LogP contribution in [0, 0.1) is 6.92 Å². The van der Waals surface area contributed by atoms with Crippen LogP contribution in [0.3, 0.4) is 0 Å². The first-order valence-electron chi connectivity index (χ1n) is 5.99. The zero-order valence-electron chi connectivity index (χ0n) is 11.1. The summed E-state index contributed by atoms with van der Waals surface area (Å²) in [5.41, 5.74) is 9.21. The molecule has 0 amide bonds. The van der Waals surface area contributed by atoms with Crippen molar-refractivity contribution in [2.45, 2.75) is 13.0 Å². The van der Waals surface area contributed by atoms with Crippen LogP contribution in [-0.2, 0) is 0 Å². The molecule has 20 heavy (non-hydrogen) atoms. The molecule has 106 valence electrons. The van der Waals surface area contributed by atoms with Gasteiger partial charge in [0.05, 0.1) is 18.2 Å². The largest absolute Gasteiger partial charge is 0.495 e. The lowest BCUT2D eigenvalue weighted by atomic mass is 9.95. The molecule has 2 N–H and O–H groups in total. The van der Waals surface area contributed by atoms with Crippen LogP contribution in [0.4, 0.5) is 0 Å². The third kappa shape index (κ3) is 2.96. The number of methoxy groups -OCH3 is 1. The number of benzene rings is 2. The highest BCUT2D eigenvalue weighted by Crippen LogP contribution is 2.36. The van der Waals surface area contributed by atoms with Crippen LogP contribution in [-0.4, -0.2) is 7.11 Å². The first-order chi connectivity index (χ1) is 9.45. The minimum atomic E-state index is -0.344. The molecule has 0 saturated carbocycles. The molecule has 1 atom stereocenters. The Kier molecular flexibility index (Phi) is 4.97. The molecule has 2 aromatic rings. The van der Waals surface area contributed by atoms with E-state index in [0.29, 0.717) is 15.8 Å². The van der Waals surface area contributed by atoms with Crippen molar-refractivity contribution in [1.82, 2.24) is 0 Å². The van der Waals surface area contributed by atoms with Crippen molar-refractivity contribution in [3.63, 3.8) is 0 Å². The molecule has 2 rings (SSSR count). The van der Waals surface area contributed by atoms with Gasteiger partial charge in [0.25, 0.3) is 0 Å². The Balaban J connectivity index is 2.51. The van der Waals surface area contributed by atoms with Crippen molar-refractivity contribution >= 4 is 39.1 Å². The van der Waals surface area contributed by atoms with E-state index in [1.54, 1.807) is 19.2 Å². The van der Waals surface area contributed by atoms with Gasteiger partial charge in [-0.05, 0) is 35.7 Å². The number of ether oxygens (including phenoxy) is 1. The third-order valence-corrected chi connectivity index (χ3v) is 4.73. The molecule has 0 radical (unpaired) electrons. The Morgan fingerprint density at radius 3 is 2.50 bits per heavy atom. The summed E-state index contributed by atoms with van der Waals surface area (Å²) in [6, 6.07) is 9.02. The van der Waals surface area contributed by atoms with E-state index >= 15 is 0 Å². The highest BCUT2D eigenvalue weighted by Gasteiger charge is 2.18. The van der Waals surface area contributed by atoms with E-state index in [1.165, 1.54) is 0 Å². The summed E-state index contributed by atoms with van der Waals surface area (Å²) in [6.07, 6.45) is 0. The van der Waals surface area contributed by atoms with Crippen LogP contribution < -0.4 is 10.5 Å². The van der Waals surface area contributed by atoms with Crippen LogP contribution in [0.25, 0.3) is 0 Å². The van der Waals surface area contributed by atoms with Gasteiger partial charge in [0.15, 0.2) is 0 Å². The molecule has 0 heterocycles. The smallest absolute Gasteiger partial charge is 0.138 e. The van der Waals surface area contributed by atoms with Crippen molar-refractivity contribution in [2.24, 2.45) is 5.73 Å². The first kappa shape index (κ1) is 15.6. The van der Waals surface area contributed by atoms with Gasteiger partial charge in [0.1, 0.15) is 5.75 Å². The zero-order valence-corrected chi connectivity index (χ0v) is 14.2. The van der Waals surface area contributed by atoms with E-state index in [2.05, 4.69) is 15.9 Å². The topological polar surface area (TPSA) is 35.2 Å². The molecule has 2 aromatic carbocycles. The van der Waals surface area contributed by atoms with Gasteiger partial charge in [0.2, 0.25) is 0 Å². The number of hydrogen-bond donors (Lipinski definition) is 1. The standard InChI is InChI=1S/C15H14BrCl2NO/c1-8-9(4-3-5-11(8)16)15(19)10-6-13(18)14(20-2)7-12(10)17/h3-7,15H,19H2,1-2H3. The van der Waals surface area contributed by atoms with E-state index < -0.39 is 0 Å². The summed E-state index contributed by atoms with van der Waals surface area (Å²) in [5.74, 6) is 0.540. The fraction of sp³-hybridized carbons (Fsp3) is 0.200. The van der Waals surface area contributed by atoms with Gasteiger partial charge in [0, 0.05) is 15.6 Å². The molecule has 0 aromatic heterocycles. The maximum atomic E-state index is 6.34.